The number of ether oxygens (including phenoxy) is 3. The van der Waals surface area contributed by atoms with Crippen LogP contribution in [-0.4, -0.2) is 72.0 Å². The molecule has 0 bridgehead atoms. The maximum absolute atomic E-state index is 13.6. The Morgan fingerprint density at radius 2 is 1.67 bits per heavy atom. The topological polar surface area (TPSA) is 103 Å². The van der Waals surface area contributed by atoms with Gasteiger partial charge in [0.25, 0.3) is 0 Å². The Bertz CT molecular complexity index is 1710. The highest BCUT2D eigenvalue weighted by atomic mass is 16.5. The van der Waals surface area contributed by atoms with Crippen molar-refractivity contribution in [3.05, 3.63) is 71.9 Å². The van der Waals surface area contributed by atoms with E-state index in [1.807, 2.05) is 39.8 Å². The lowest BCUT2D eigenvalue weighted by Gasteiger charge is -2.28. The molecule has 2 aromatic heterocycles. The summed E-state index contributed by atoms with van der Waals surface area (Å²) in [5.74, 6) is 0.694. The summed E-state index contributed by atoms with van der Waals surface area (Å²) in [6, 6.07) is 18.1. The zero-order valence-electron chi connectivity index (χ0n) is 25.8. The number of benzene rings is 2. The van der Waals surface area contributed by atoms with Crippen LogP contribution in [0.2, 0.25) is 0 Å². The smallest absolute Gasteiger partial charge is 0.328 e. The molecular formula is C36H39N3O6. The van der Waals surface area contributed by atoms with Gasteiger partial charge in [0.1, 0.15) is 18.0 Å². The minimum Gasteiger partial charge on any atom is -0.497 e. The third kappa shape index (κ3) is 6.73. The van der Waals surface area contributed by atoms with Crippen LogP contribution in [0.15, 0.2) is 60.7 Å². The molecule has 1 aliphatic heterocycles. The molecule has 1 aliphatic carbocycles. The van der Waals surface area contributed by atoms with Crippen molar-refractivity contribution in [1.29, 1.82) is 0 Å². The van der Waals surface area contributed by atoms with Gasteiger partial charge in [-0.3, -0.25) is 4.79 Å². The summed E-state index contributed by atoms with van der Waals surface area (Å²) in [5, 5.41) is 10.4. The van der Waals surface area contributed by atoms with Crippen LogP contribution in [0.3, 0.4) is 0 Å². The summed E-state index contributed by atoms with van der Waals surface area (Å²) >= 11 is 0. The molecule has 1 N–H and O–H groups in total. The first-order valence-electron chi connectivity index (χ1n) is 15.6. The summed E-state index contributed by atoms with van der Waals surface area (Å²) < 4.78 is 18.4. The quantitative estimate of drug-likeness (QED) is 0.219. The minimum absolute atomic E-state index is 0.00358. The number of hydrogen-bond donors (Lipinski definition) is 1. The molecule has 4 aromatic rings. The van der Waals surface area contributed by atoms with Gasteiger partial charge in [-0.25, -0.2) is 9.78 Å². The van der Waals surface area contributed by atoms with Crippen molar-refractivity contribution in [2.24, 2.45) is 0 Å². The van der Waals surface area contributed by atoms with Crippen LogP contribution in [0.1, 0.15) is 49.3 Å². The first-order chi connectivity index (χ1) is 21.9. The van der Waals surface area contributed by atoms with E-state index in [0.717, 1.165) is 70.9 Å². The standard InChI is InChI=1S/C36H39N3O6/c1-43-29-19-27(20-30(22-29)44-2)33-11-8-25-18-26(9-12-32(25)37-33)36-31(24-6-4-3-5-7-24)21-28(10-13-35(41)42)39(36)23-34(40)38-14-16-45-17-15-38/h8-13,18-22,24H,3-7,14-17,23H2,1-2H3,(H,41,42). The number of carbonyl (C=O) groups excluding carboxylic acids is 1. The van der Waals surface area contributed by atoms with Crippen LogP contribution in [0, 0.1) is 0 Å². The summed E-state index contributed by atoms with van der Waals surface area (Å²) in [6.45, 7) is 2.26. The van der Waals surface area contributed by atoms with Crippen LogP contribution in [0.25, 0.3) is 39.5 Å². The number of carboxylic acids is 1. The SMILES string of the molecule is COc1cc(OC)cc(-c2ccc3cc(-c4c(C5CCCCC5)cc(C=CC(=O)O)n4CC(=O)N4CCOCC4)ccc3n2)c1. The number of nitrogens with zero attached hydrogens (tertiary/aromatic N) is 3. The number of fused-ring (bicyclic) bond motifs is 1. The van der Waals surface area contributed by atoms with E-state index in [1.54, 1.807) is 20.3 Å². The normalized spacial score (nSPS) is 15.9. The molecular weight excluding hydrogens is 570 g/mol. The zero-order chi connectivity index (χ0) is 31.3. The predicted molar refractivity (Wildman–Crippen MR) is 174 cm³/mol. The molecule has 45 heavy (non-hydrogen) atoms. The first-order valence-corrected chi connectivity index (χ1v) is 15.6. The molecule has 2 aromatic carbocycles. The van der Waals surface area contributed by atoms with Gasteiger partial charge < -0.3 is 28.8 Å². The van der Waals surface area contributed by atoms with E-state index in [2.05, 4.69) is 24.3 Å². The molecule has 6 rings (SSSR count). The largest absolute Gasteiger partial charge is 0.497 e. The van der Waals surface area contributed by atoms with E-state index < -0.39 is 5.97 Å². The van der Waals surface area contributed by atoms with Crippen LogP contribution >= 0.6 is 0 Å². The molecule has 1 saturated carbocycles. The van der Waals surface area contributed by atoms with Gasteiger partial charge in [-0.15, -0.1) is 0 Å². The van der Waals surface area contributed by atoms with E-state index in [-0.39, 0.29) is 12.5 Å². The predicted octanol–water partition coefficient (Wildman–Crippen LogP) is 6.39. The van der Waals surface area contributed by atoms with E-state index in [0.29, 0.717) is 43.7 Å². The second-order valence-corrected chi connectivity index (χ2v) is 11.7. The molecule has 0 spiro atoms. The monoisotopic (exact) mass is 609 g/mol. The number of pyridine rings is 1. The second-order valence-electron chi connectivity index (χ2n) is 11.7. The van der Waals surface area contributed by atoms with Gasteiger partial charge in [-0.2, -0.15) is 0 Å². The maximum Gasteiger partial charge on any atom is 0.328 e. The van der Waals surface area contributed by atoms with Crippen LogP contribution in [0.4, 0.5) is 0 Å². The second kappa shape index (κ2) is 13.6. The Morgan fingerprint density at radius 3 is 2.36 bits per heavy atom. The van der Waals surface area contributed by atoms with Crippen molar-refractivity contribution in [2.75, 3.05) is 40.5 Å². The Labute approximate surface area is 263 Å². The molecule has 3 heterocycles. The average Bonchev–Trinajstić information content (AvgIpc) is 3.44. The van der Waals surface area contributed by atoms with Crippen molar-refractivity contribution >= 4 is 28.9 Å². The summed E-state index contributed by atoms with van der Waals surface area (Å²) in [7, 11) is 3.26. The number of aromatic nitrogens is 2. The number of methoxy groups -OCH3 is 2. The Hall–Kier alpha value is -4.63. The number of rotatable bonds is 9. The molecule has 1 amide bonds. The Kier molecular flexibility index (Phi) is 9.16. The van der Waals surface area contributed by atoms with Crippen molar-refractivity contribution in [1.82, 2.24) is 14.5 Å². The van der Waals surface area contributed by atoms with E-state index in [9.17, 15) is 14.7 Å². The molecule has 1 saturated heterocycles. The fourth-order valence-electron chi connectivity index (χ4n) is 6.54. The van der Waals surface area contributed by atoms with Crippen molar-refractivity contribution in [3.8, 4) is 34.0 Å². The molecule has 2 fully saturated rings. The van der Waals surface area contributed by atoms with E-state index in [1.165, 1.54) is 12.0 Å². The fraction of sp³-hybridized carbons (Fsp3) is 0.361. The Morgan fingerprint density at radius 1 is 0.933 bits per heavy atom. The van der Waals surface area contributed by atoms with Crippen molar-refractivity contribution < 1.29 is 28.9 Å². The van der Waals surface area contributed by atoms with Crippen LogP contribution < -0.4 is 9.47 Å². The molecule has 0 unspecified atom stereocenters. The molecule has 9 nitrogen and oxygen atoms in total. The summed E-state index contributed by atoms with van der Waals surface area (Å²) in [5.41, 5.74) is 6.36. The number of morpholine rings is 1. The van der Waals surface area contributed by atoms with Crippen LogP contribution in [-0.2, 0) is 20.9 Å². The highest BCUT2D eigenvalue weighted by Gasteiger charge is 2.27. The van der Waals surface area contributed by atoms with Crippen molar-refractivity contribution in [3.63, 3.8) is 0 Å². The van der Waals surface area contributed by atoms with Crippen LogP contribution in [0.5, 0.6) is 11.5 Å². The highest BCUT2D eigenvalue weighted by molar-refractivity contribution is 5.89. The number of hydrogen-bond acceptors (Lipinski definition) is 6. The van der Waals surface area contributed by atoms with Gasteiger partial charge in [0, 0.05) is 41.9 Å². The lowest BCUT2D eigenvalue weighted by Crippen LogP contribution is -2.42. The maximum atomic E-state index is 13.6. The third-order valence-corrected chi connectivity index (χ3v) is 8.87. The third-order valence-electron chi connectivity index (χ3n) is 8.87. The number of carbonyl (C=O) groups is 2. The summed E-state index contributed by atoms with van der Waals surface area (Å²) in [6.07, 6.45) is 8.43. The van der Waals surface area contributed by atoms with Gasteiger partial charge in [-0.1, -0.05) is 31.4 Å². The lowest BCUT2D eigenvalue weighted by molar-refractivity contribution is -0.136. The first kappa shape index (κ1) is 30.4. The molecule has 0 radical (unpaired) electrons. The zero-order valence-corrected chi connectivity index (χ0v) is 25.8. The Balaban J connectivity index is 1.45. The molecule has 0 atom stereocenters. The van der Waals surface area contributed by atoms with E-state index in [4.69, 9.17) is 19.2 Å². The molecule has 2 aliphatic rings. The van der Waals surface area contributed by atoms with E-state index >= 15 is 0 Å². The van der Waals surface area contributed by atoms with Crippen molar-refractivity contribution in [2.45, 2.75) is 44.6 Å². The van der Waals surface area contributed by atoms with Gasteiger partial charge in [-0.05, 0) is 72.4 Å². The fourth-order valence-corrected chi connectivity index (χ4v) is 6.54. The van der Waals surface area contributed by atoms with Gasteiger partial charge in [0.05, 0.1) is 44.3 Å². The molecule has 234 valence electrons. The van der Waals surface area contributed by atoms with Gasteiger partial charge in [0.2, 0.25) is 5.91 Å². The van der Waals surface area contributed by atoms with Gasteiger partial charge in [0.15, 0.2) is 0 Å². The van der Waals surface area contributed by atoms with Gasteiger partial charge >= 0.3 is 5.97 Å². The number of amides is 1. The average molecular weight is 610 g/mol. The number of carboxylic acid groups (broad SMARTS) is 1. The molecule has 9 heteroatoms. The minimum atomic E-state index is -1.02. The summed E-state index contributed by atoms with van der Waals surface area (Å²) in [4.78, 5) is 31.9. The highest BCUT2D eigenvalue weighted by Crippen LogP contribution is 2.41. The number of aliphatic carboxylic acids is 1. The lowest BCUT2D eigenvalue weighted by atomic mass is 9.83.